The molecule has 1 aromatic heterocycles. The third-order valence-corrected chi connectivity index (χ3v) is 8.74. The molecule has 10 heteroatoms. The number of methoxy groups -OCH3 is 1. The molecule has 4 aromatic carbocycles. The molecule has 8 nitrogen and oxygen atoms in total. The van der Waals surface area contributed by atoms with Crippen LogP contribution < -0.4 is 33.8 Å². The molecule has 0 radical (unpaired) electrons. The number of thiazole rings is 1. The summed E-state index contributed by atoms with van der Waals surface area (Å²) in [4.78, 5) is 32.8. The van der Waals surface area contributed by atoms with Crippen LogP contribution in [0, 0.1) is 6.92 Å². The van der Waals surface area contributed by atoms with Crippen molar-refractivity contribution in [2.75, 3.05) is 20.3 Å². The van der Waals surface area contributed by atoms with E-state index in [1.54, 1.807) is 54.0 Å². The summed E-state index contributed by atoms with van der Waals surface area (Å²) in [5.41, 5.74) is 3.01. The minimum absolute atomic E-state index is 0.246. The van der Waals surface area contributed by atoms with Crippen molar-refractivity contribution in [3.05, 3.63) is 150 Å². The summed E-state index contributed by atoms with van der Waals surface area (Å²) in [5.74, 6) is 1.37. The van der Waals surface area contributed by atoms with E-state index in [9.17, 15) is 9.59 Å². The summed E-state index contributed by atoms with van der Waals surface area (Å²) in [6.45, 7) is 4.33. The van der Waals surface area contributed by atoms with Crippen LogP contribution in [0.4, 0.5) is 0 Å². The number of allylic oxidation sites excluding steroid dienone is 1. The normalized spacial score (nSPS) is 14.3. The lowest BCUT2D eigenvalue weighted by Crippen LogP contribution is -2.40. The molecule has 1 aliphatic heterocycles. The SMILES string of the molecule is COc1cc(/C=c2\sc3n(c2=O)[C@@H](c2ccccc2)C(C(=O)Oc2ccccc2)=C(C)N=3)cc(Cl)c1OCCOc1ccc(C)cc1. The molecule has 0 fully saturated rings. The highest BCUT2D eigenvalue weighted by Crippen LogP contribution is 2.37. The number of hydrogen-bond acceptors (Lipinski definition) is 8. The number of ether oxygens (including phenoxy) is 4. The fourth-order valence-electron chi connectivity index (χ4n) is 5.24. The molecule has 1 atom stereocenters. The first kappa shape index (κ1) is 31.8. The summed E-state index contributed by atoms with van der Waals surface area (Å²) in [5, 5.41) is 0.322. The second kappa shape index (κ2) is 14.1. The molecule has 0 bridgehead atoms. The number of carbonyl (C=O) groups is 1. The van der Waals surface area contributed by atoms with Crippen molar-refractivity contribution >= 4 is 35.0 Å². The molecule has 2 heterocycles. The Labute approximate surface area is 280 Å². The first-order valence-corrected chi connectivity index (χ1v) is 16.1. The van der Waals surface area contributed by atoms with Crippen molar-refractivity contribution < 1.29 is 23.7 Å². The minimum Gasteiger partial charge on any atom is -0.493 e. The van der Waals surface area contributed by atoms with Crippen molar-refractivity contribution in [2.24, 2.45) is 4.99 Å². The number of fused-ring (bicyclic) bond motifs is 1. The average Bonchev–Trinajstić information content (AvgIpc) is 3.38. The lowest BCUT2D eigenvalue weighted by Gasteiger charge is -2.24. The summed E-state index contributed by atoms with van der Waals surface area (Å²) in [6.07, 6.45) is 1.73. The van der Waals surface area contributed by atoms with Gasteiger partial charge in [0.25, 0.3) is 5.56 Å². The maximum absolute atomic E-state index is 14.1. The van der Waals surface area contributed by atoms with Crippen LogP contribution in [0.3, 0.4) is 0 Å². The molecule has 0 spiro atoms. The zero-order chi connectivity index (χ0) is 32.9. The van der Waals surface area contributed by atoms with Crippen molar-refractivity contribution in [3.8, 4) is 23.0 Å². The first-order chi connectivity index (χ1) is 22.8. The lowest BCUT2D eigenvalue weighted by atomic mass is 9.96. The maximum atomic E-state index is 14.1. The molecule has 0 unspecified atom stereocenters. The Morgan fingerprint density at radius 1 is 0.915 bits per heavy atom. The van der Waals surface area contributed by atoms with Crippen molar-refractivity contribution in [2.45, 2.75) is 19.9 Å². The lowest BCUT2D eigenvalue weighted by molar-refractivity contribution is -0.130. The van der Waals surface area contributed by atoms with Crippen LogP contribution in [0.25, 0.3) is 6.08 Å². The number of aromatic nitrogens is 1. The van der Waals surface area contributed by atoms with Gasteiger partial charge < -0.3 is 18.9 Å². The molecule has 0 saturated heterocycles. The summed E-state index contributed by atoms with van der Waals surface area (Å²) >= 11 is 7.88. The van der Waals surface area contributed by atoms with E-state index in [2.05, 4.69) is 4.99 Å². The minimum atomic E-state index is -0.734. The van der Waals surface area contributed by atoms with Crippen LogP contribution in [0.2, 0.25) is 5.02 Å². The molecular weight excluding hydrogens is 636 g/mol. The van der Waals surface area contributed by atoms with Gasteiger partial charge in [0.1, 0.15) is 24.7 Å². The van der Waals surface area contributed by atoms with Gasteiger partial charge in [0.15, 0.2) is 16.3 Å². The van der Waals surface area contributed by atoms with E-state index in [-0.39, 0.29) is 17.7 Å². The van der Waals surface area contributed by atoms with E-state index in [4.69, 9.17) is 30.5 Å². The highest BCUT2D eigenvalue weighted by Gasteiger charge is 2.33. The van der Waals surface area contributed by atoms with Crippen LogP contribution >= 0.6 is 22.9 Å². The number of benzene rings is 4. The van der Waals surface area contributed by atoms with E-state index in [1.807, 2.05) is 67.6 Å². The molecule has 6 rings (SSSR count). The van der Waals surface area contributed by atoms with Gasteiger partial charge in [-0.1, -0.05) is 89.2 Å². The third-order valence-electron chi connectivity index (χ3n) is 7.48. The number of halogens is 1. The van der Waals surface area contributed by atoms with Gasteiger partial charge in [0, 0.05) is 0 Å². The summed E-state index contributed by atoms with van der Waals surface area (Å²) in [7, 11) is 1.53. The van der Waals surface area contributed by atoms with Crippen molar-refractivity contribution in [3.63, 3.8) is 0 Å². The van der Waals surface area contributed by atoms with Crippen LogP contribution in [0.1, 0.15) is 29.7 Å². The average molecular weight is 667 g/mol. The highest BCUT2D eigenvalue weighted by atomic mass is 35.5. The van der Waals surface area contributed by atoms with E-state index in [0.29, 0.717) is 49.5 Å². The number of aryl methyl sites for hydroxylation is 1. The molecule has 0 amide bonds. The molecule has 0 N–H and O–H groups in total. The second-order valence-electron chi connectivity index (χ2n) is 10.7. The van der Waals surface area contributed by atoms with Gasteiger partial charge in [0.2, 0.25) is 0 Å². The van der Waals surface area contributed by atoms with Crippen LogP contribution in [-0.4, -0.2) is 30.9 Å². The Balaban J connectivity index is 1.31. The Morgan fingerprint density at radius 3 is 2.30 bits per heavy atom. The van der Waals surface area contributed by atoms with Gasteiger partial charge in [-0.25, -0.2) is 9.79 Å². The molecule has 238 valence electrons. The third kappa shape index (κ3) is 7.01. The molecule has 47 heavy (non-hydrogen) atoms. The van der Waals surface area contributed by atoms with Gasteiger partial charge in [0.05, 0.1) is 34.0 Å². The zero-order valence-corrected chi connectivity index (χ0v) is 27.5. The van der Waals surface area contributed by atoms with Crippen molar-refractivity contribution in [1.29, 1.82) is 0 Å². The number of carbonyl (C=O) groups excluding carboxylic acids is 1. The predicted octanol–water partition coefficient (Wildman–Crippen LogP) is 6.27. The maximum Gasteiger partial charge on any atom is 0.343 e. The van der Waals surface area contributed by atoms with Gasteiger partial charge in [-0.15, -0.1) is 0 Å². The number of nitrogens with zero attached hydrogens (tertiary/aromatic N) is 2. The zero-order valence-electron chi connectivity index (χ0n) is 25.9. The van der Waals surface area contributed by atoms with Gasteiger partial charge in [-0.3, -0.25) is 9.36 Å². The van der Waals surface area contributed by atoms with E-state index in [1.165, 1.54) is 18.4 Å². The second-order valence-corrected chi connectivity index (χ2v) is 12.2. The smallest absolute Gasteiger partial charge is 0.343 e. The largest absolute Gasteiger partial charge is 0.493 e. The van der Waals surface area contributed by atoms with Crippen LogP contribution in [0.5, 0.6) is 23.0 Å². The number of rotatable bonds is 10. The topological polar surface area (TPSA) is 88.4 Å². The fourth-order valence-corrected chi connectivity index (χ4v) is 6.56. The molecule has 0 saturated carbocycles. The number of hydrogen-bond donors (Lipinski definition) is 0. The van der Waals surface area contributed by atoms with Crippen molar-refractivity contribution in [1.82, 2.24) is 4.57 Å². The van der Waals surface area contributed by atoms with E-state index < -0.39 is 12.0 Å². The highest BCUT2D eigenvalue weighted by molar-refractivity contribution is 7.07. The molecule has 0 aliphatic carbocycles. The van der Waals surface area contributed by atoms with E-state index >= 15 is 0 Å². The molecule has 1 aliphatic rings. The molecular formula is C37H31ClN2O6S. The Morgan fingerprint density at radius 2 is 1.60 bits per heavy atom. The fraction of sp³-hybridized carbons (Fsp3) is 0.162. The number of esters is 1. The van der Waals surface area contributed by atoms with Crippen LogP contribution in [-0.2, 0) is 4.79 Å². The van der Waals surface area contributed by atoms with E-state index in [0.717, 1.165) is 16.9 Å². The molecule has 5 aromatic rings. The van der Waals surface area contributed by atoms with Gasteiger partial charge in [-0.2, -0.15) is 0 Å². The van der Waals surface area contributed by atoms with Gasteiger partial charge >= 0.3 is 5.97 Å². The van der Waals surface area contributed by atoms with Crippen LogP contribution in [0.15, 0.2) is 118 Å². The first-order valence-electron chi connectivity index (χ1n) is 14.9. The summed E-state index contributed by atoms with van der Waals surface area (Å²) in [6, 6.07) is 28.7. The quantitative estimate of drug-likeness (QED) is 0.0992. The Bertz CT molecular complexity index is 2120. The standard InChI is InChI=1S/C37H31ClN2O6S/c1-23-14-16-27(17-15-23)44-18-19-45-34-29(38)20-25(21-30(34)43-3)22-31-35(41)40-33(26-10-6-4-7-11-26)32(24(2)39-37(40)47-31)36(42)46-28-12-8-5-9-13-28/h4-17,20-22,33H,18-19H2,1-3H3/b31-22-/t33-/m0/s1. The number of para-hydroxylation sites is 1. The van der Waals surface area contributed by atoms with Gasteiger partial charge in [-0.05, 0) is 67.4 Å². The monoisotopic (exact) mass is 666 g/mol. The Hall–Kier alpha value is -5.12. The Kier molecular flexibility index (Phi) is 9.56. The summed E-state index contributed by atoms with van der Waals surface area (Å²) < 4.78 is 25.0. The predicted molar refractivity (Wildman–Crippen MR) is 182 cm³/mol.